The normalized spacial score (nSPS) is 6.78. The van der Waals surface area contributed by atoms with E-state index in [2.05, 4.69) is 6.07 Å². The Morgan fingerprint density at radius 3 is 1.89 bits per heavy atom. The zero-order valence-corrected chi connectivity index (χ0v) is 7.58. The van der Waals surface area contributed by atoms with Crippen LogP contribution in [0, 0.1) is 19.3 Å². The van der Waals surface area contributed by atoms with Gasteiger partial charge in [-0.05, 0) is 0 Å². The largest absolute Gasteiger partial charge is 1.00 e. The summed E-state index contributed by atoms with van der Waals surface area (Å²) in [7, 11) is 0. The minimum absolute atomic E-state index is 0. The molecule has 0 saturated carbocycles. The van der Waals surface area contributed by atoms with Gasteiger partial charge in [-0.2, -0.15) is 18.2 Å². The predicted molar refractivity (Wildman–Crippen MR) is 31.6 cm³/mol. The quantitative estimate of drug-likeness (QED) is 0.644. The number of hydrogen-bond acceptors (Lipinski definition) is 0. The van der Waals surface area contributed by atoms with Crippen molar-refractivity contribution in [2.24, 2.45) is 0 Å². The van der Waals surface area contributed by atoms with Crippen LogP contribution in [0.3, 0.4) is 0 Å². The van der Waals surface area contributed by atoms with Gasteiger partial charge in [0.25, 0.3) is 0 Å². The average molecular weight is 300 g/mol. The van der Waals surface area contributed by atoms with Crippen LogP contribution in [0.4, 0.5) is 4.39 Å². The fourth-order valence-electron chi connectivity index (χ4n) is 0.367. The summed E-state index contributed by atoms with van der Waals surface area (Å²) in [4.78, 5) is 0. The Hall–Kier alpha value is -0.214. The van der Waals surface area contributed by atoms with Gasteiger partial charge in [0, 0.05) is 5.82 Å². The van der Waals surface area contributed by atoms with Crippen molar-refractivity contribution in [2.45, 2.75) is 0 Å². The molecule has 2 heteroatoms. The van der Waals surface area contributed by atoms with E-state index in [1.54, 1.807) is 0 Å². The molecule has 1 rings (SSSR count). The molecule has 0 fully saturated rings. The third-order valence-electron chi connectivity index (χ3n) is 0.678. The second kappa shape index (κ2) is 5.91. The van der Waals surface area contributed by atoms with Gasteiger partial charge in [-0.15, -0.1) is 12.1 Å². The molecule has 0 atom stereocenters. The monoisotopic (exact) mass is 302 g/mol. The SMILES string of the molecule is Fc1cc[c-]cc1.[CH3-].[Os+]. The van der Waals surface area contributed by atoms with E-state index in [9.17, 15) is 4.39 Å². The molecule has 0 aliphatic heterocycles. The van der Waals surface area contributed by atoms with Crippen molar-refractivity contribution in [2.75, 3.05) is 0 Å². The van der Waals surface area contributed by atoms with E-state index in [0.29, 0.717) is 0 Å². The maximum atomic E-state index is 11.9. The van der Waals surface area contributed by atoms with Crippen LogP contribution < -0.4 is 0 Å². The van der Waals surface area contributed by atoms with Gasteiger partial charge in [-0.1, -0.05) is 0 Å². The van der Waals surface area contributed by atoms with Crippen molar-refractivity contribution in [1.29, 1.82) is 0 Å². The van der Waals surface area contributed by atoms with E-state index in [4.69, 9.17) is 0 Å². The first kappa shape index (κ1) is 11.6. The zero-order chi connectivity index (χ0) is 5.11. The average Bonchev–Trinajstić information content (AvgIpc) is 1.69. The Morgan fingerprint density at radius 2 is 1.67 bits per heavy atom. The van der Waals surface area contributed by atoms with Gasteiger partial charge in [0.1, 0.15) is 0 Å². The van der Waals surface area contributed by atoms with Crippen molar-refractivity contribution in [3.8, 4) is 0 Å². The molecule has 0 amide bonds. The molecule has 0 N–H and O–H groups in total. The number of benzene rings is 1. The second-order valence-corrected chi connectivity index (χ2v) is 1.22. The summed E-state index contributed by atoms with van der Waals surface area (Å²) in [5.74, 6) is -0.209. The van der Waals surface area contributed by atoms with Crippen LogP contribution in [0.2, 0.25) is 0 Å². The topological polar surface area (TPSA) is 0 Å². The molecule has 0 bridgehead atoms. The Morgan fingerprint density at radius 1 is 1.22 bits per heavy atom. The number of hydrogen-bond donors (Lipinski definition) is 0. The maximum Gasteiger partial charge on any atom is 1.00 e. The summed E-state index contributed by atoms with van der Waals surface area (Å²) in [5.41, 5.74) is 0. The van der Waals surface area contributed by atoms with Crippen molar-refractivity contribution in [3.05, 3.63) is 43.6 Å². The molecule has 0 heterocycles. The van der Waals surface area contributed by atoms with Crippen molar-refractivity contribution < 1.29 is 24.2 Å². The second-order valence-electron chi connectivity index (χ2n) is 1.22. The van der Waals surface area contributed by atoms with Gasteiger partial charge in [-0.25, -0.2) is 4.39 Å². The van der Waals surface area contributed by atoms with E-state index in [0.717, 1.165) is 0 Å². The fourth-order valence-corrected chi connectivity index (χ4v) is 0.367. The summed E-state index contributed by atoms with van der Waals surface area (Å²) in [6.07, 6.45) is 0. The smallest absolute Gasteiger partial charge is 0.358 e. The molecular weight excluding hydrogens is 293 g/mol. The van der Waals surface area contributed by atoms with E-state index in [1.165, 1.54) is 24.3 Å². The number of rotatable bonds is 0. The van der Waals surface area contributed by atoms with Crippen molar-refractivity contribution in [1.82, 2.24) is 0 Å². The van der Waals surface area contributed by atoms with Crippen molar-refractivity contribution in [3.63, 3.8) is 0 Å². The van der Waals surface area contributed by atoms with Gasteiger partial charge in [-0.3, -0.25) is 0 Å². The molecule has 0 nitrogen and oxygen atoms in total. The summed E-state index contributed by atoms with van der Waals surface area (Å²) in [6.45, 7) is 0. The van der Waals surface area contributed by atoms with Crippen LogP contribution in [-0.4, -0.2) is 0 Å². The Kier molecular flexibility index (Phi) is 7.60. The molecule has 0 saturated heterocycles. The van der Waals surface area contributed by atoms with Crippen LogP contribution in [0.15, 0.2) is 24.3 Å². The summed E-state index contributed by atoms with van der Waals surface area (Å²) < 4.78 is 11.9. The van der Waals surface area contributed by atoms with Crippen molar-refractivity contribution >= 4 is 0 Å². The summed E-state index contributed by atoms with van der Waals surface area (Å²) >= 11 is 0. The van der Waals surface area contributed by atoms with Gasteiger partial charge < -0.3 is 7.43 Å². The molecule has 0 spiro atoms. The number of halogens is 1. The van der Waals surface area contributed by atoms with Crippen LogP contribution in [-0.2, 0) is 19.8 Å². The molecule has 0 aliphatic carbocycles. The van der Waals surface area contributed by atoms with Gasteiger partial charge in [0.2, 0.25) is 0 Å². The van der Waals surface area contributed by atoms with Gasteiger partial charge >= 0.3 is 19.8 Å². The predicted octanol–water partition coefficient (Wildman–Crippen LogP) is 2.07. The molecule has 51 valence electrons. The van der Waals surface area contributed by atoms with E-state index in [1.807, 2.05) is 0 Å². The Bertz CT molecular complexity index is 139. The first-order valence-electron chi connectivity index (χ1n) is 2.01. The molecule has 0 aromatic heterocycles. The summed E-state index contributed by atoms with van der Waals surface area (Å²) in [5, 5.41) is 0. The fraction of sp³-hybridized carbons (Fsp3) is 0. The Labute approximate surface area is 68.1 Å². The zero-order valence-electron chi connectivity index (χ0n) is 5.04. The van der Waals surface area contributed by atoms with E-state index < -0.39 is 0 Å². The molecular formula is C7H7FOs-. The molecule has 1 aromatic rings. The first-order chi connectivity index (χ1) is 3.39. The Balaban J connectivity index is 0. The minimum Gasteiger partial charge on any atom is -0.358 e. The third-order valence-corrected chi connectivity index (χ3v) is 0.678. The summed E-state index contributed by atoms with van der Waals surface area (Å²) in [6, 6.07) is 8.49. The molecule has 0 unspecified atom stereocenters. The molecule has 1 radical (unpaired) electrons. The molecule has 0 aliphatic rings. The maximum absolute atomic E-state index is 11.9. The van der Waals surface area contributed by atoms with E-state index in [-0.39, 0.29) is 33.0 Å². The standard InChI is InChI=1S/C6H4F.CH3.Os/c7-6-4-2-1-3-5-6;;/h2-5H;1H3;/q2*-1;+1. The first-order valence-corrected chi connectivity index (χ1v) is 2.01. The van der Waals surface area contributed by atoms with E-state index >= 15 is 0 Å². The third kappa shape index (κ3) is 4.30. The van der Waals surface area contributed by atoms with Crippen LogP contribution in [0.1, 0.15) is 0 Å². The van der Waals surface area contributed by atoms with Gasteiger partial charge in [0.05, 0.1) is 0 Å². The minimum atomic E-state index is -0.209. The molecule has 9 heavy (non-hydrogen) atoms. The van der Waals surface area contributed by atoms with Gasteiger partial charge in [0.15, 0.2) is 0 Å². The van der Waals surface area contributed by atoms with Crippen LogP contribution in [0.5, 0.6) is 0 Å². The van der Waals surface area contributed by atoms with Crippen LogP contribution in [0.25, 0.3) is 0 Å². The van der Waals surface area contributed by atoms with Crippen LogP contribution >= 0.6 is 0 Å². The molecule has 1 aromatic carbocycles.